The number of hydrogen-bond acceptors (Lipinski definition) is 2. The van der Waals surface area contributed by atoms with Gasteiger partial charge < -0.3 is 10.6 Å². The maximum atomic E-state index is 13.4. The van der Waals surface area contributed by atoms with Crippen LogP contribution in [0.15, 0.2) is 24.3 Å². The van der Waals surface area contributed by atoms with Crippen LogP contribution in [0, 0.1) is 5.82 Å². The van der Waals surface area contributed by atoms with Crippen LogP contribution in [0.25, 0.3) is 0 Å². The quantitative estimate of drug-likeness (QED) is 0.819. The van der Waals surface area contributed by atoms with E-state index in [2.05, 4.69) is 0 Å². The monoisotopic (exact) mass is 210 g/mol. The summed E-state index contributed by atoms with van der Waals surface area (Å²) in [5.41, 5.74) is 5.68. The molecule has 4 heteroatoms. The summed E-state index contributed by atoms with van der Waals surface area (Å²) in [6.45, 7) is 2.36. The minimum atomic E-state index is -0.385. The molecule has 3 nitrogen and oxygen atoms in total. The first kappa shape index (κ1) is 11.7. The van der Waals surface area contributed by atoms with E-state index in [0.717, 1.165) is 0 Å². The molecule has 1 rings (SSSR count). The standard InChI is InChI=1S/C11H15FN2O/c1-9(15)14(8-4-7-13)11-6-3-2-5-10(11)12/h2-3,5-6H,4,7-8,13H2,1H3. The fourth-order valence-corrected chi connectivity index (χ4v) is 1.37. The first-order chi connectivity index (χ1) is 7.16. The molecule has 0 spiro atoms. The molecule has 1 aromatic carbocycles. The molecule has 0 aliphatic carbocycles. The van der Waals surface area contributed by atoms with E-state index in [9.17, 15) is 9.18 Å². The van der Waals surface area contributed by atoms with Crippen LogP contribution < -0.4 is 10.6 Å². The van der Waals surface area contributed by atoms with Gasteiger partial charge in [-0.15, -0.1) is 0 Å². The molecule has 0 fully saturated rings. The first-order valence-electron chi connectivity index (χ1n) is 4.89. The van der Waals surface area contributed by atoms with Crippen molar-refractivity contribution in [3.8, 4) is 0 Å². The van der Waals surface area contributed by atoms with Crippen LogP contribution in [0.5, 0.6) is 0 Å². The van der Waals surface area contributed by atoms with Crippen molar-refractivity contribution in [2.45, 2.75) is 13.3 Å². The minimum Gasteiger partial charge on any atom is -0.330 e. The van der Waals surface area contributed by atoms with Gasteiger partial charge in [-0.25, -0.2) is 4.39 Å². The zero-order chi connectivity index (χ0) is 11.3. The van der Waals surface area contributed by atoms with Crippen molar-refractivity contribution in [1.82, 2.24) is 0 Å². The lowest BCUT2D eigenvalue weighted by molar-refractivity contribution is -0.116. The number of nitrogens with two attached hydrogens (primary N) is 1. The van der Waals surface area contributed by atoms with E-state index < -0.39 is 0 Å². The lowest BCUT2D eigenvalue weighted by Crippen LogP contribution is -2.31. The van der Waals surface area contributed by atoms with Gasteiger partial charge in [-0.1, -0.05) is 12.1 Å². The van der Waals surface area contributed by atoms with E-state index in [1.807, 2.05) is 0 Å². The molecule has 0 unspecified atom stereocenters. The molecule has 0 aliphatic rings. The summed E-state index contributed by atoms with van der Waals surface area (Å²) in [7, 11) is 0. The number of carbonyl (C=O) groups is 1. The van der Waals surface area contributed by atoms with Crippen LogP contribution in [0.3, 0.4) is 0 Å². The molecular weight excluding hydrogens is 195 g/mol. The van der Waals surface area contributed by atoms with Gasteiger partial charge in [-0.3, -0.25) is 4.79 Å². The topological polar surface area (TPSA) is 46.3 Å². The van der Waals surface area contributed by atoms with Crippen molar-refractivity contribution >= 4 is 11.6 Å². The smallest absolute Gasteiger partial charge is 0.223 e. The summed E-state index contributed by atoms with van der Waals surface area (Å²) in [6.07, 6.45) is 0.661. The van der Waals surface area contributed by atoms with Gasteiger partial charge in [0.05, 0.1) is 5.69 Å². The van der Waals surface area contributed by atoms with Gasteiger partial charge in [0.25, 0.3) is 0 Å². The summed E-state index contributed by atoms with van der Waals surface area (Å²) < 4.78 is 13.4. The lowest BCUT2D eigenvalue weighted by atomic mass is 10.2. The zero-order valence-electron chi connectivity index (χ0n) is 8.74. The Labute approximate surface area is 88.7 Å². The molecule has 15 heavy (non-hydrogen) atoms. The van der Waals surface area contributed by atoms with Crippen molar-refractivity contribution in [3.63, 3.8) is 0 Å². The average Bonchev–Trinajstić information content (AvgIpc) is 2.20. The van der Waals surface area contributed by atoms with E-state index in [-0.39, 0.29) is 11.7 Å². The van der Waals surface area contributed by atoms with Gasteiger partial charge in [0.1, 0.15) is 5.82 Å². The number of carbonyl (C=O) groups excluding carboxylic acids is 1. The largest absolute Gasteiger partial charge is 0.330 e. The number of halogens is 1. The fraction of sp³-hybridized carbons (Fsp3) is 0.364. The molecule has 2 N–H and O–H groups in total. The summed E-state index contributed by atoms with van der Waals surface area (Å²) in [5, 5.41) is 0. The van der Waals surface area contributed by atoms with Crippen LogP contribution in [-0.4, -0.2) is 19.0 Å². The Morgan fingerprint density at radius 1 is 1.47 bits per heavy atom. The van der Waals surface area contributed by atoms with E-state index in [0.29, 0.717) is 25.2 Å². The molecule has 0 radical (unpaired) electrons. The van der Waals surface area contributed by atoms with Gasteiger partial charge >= 0.3 is 0 Å². The predicted molar refractivity (Wildman–Crippen MR) is 58.1 cm³/mol. The molecular formula is C11H15FN2O. The highest BCUT2D eigenvalue weighted by Crippen LogP contribution is 2.18. The van der Waals surface area contributed by atoms with Crippen LogP contribution in [-0.2, 0) is 4.79 Å². The average molecular weight is 210 g/mol. The number of rotatable bonds is 4. The number of amides is 1. The second kappa shape index (κ2) is 5.46. The molecule has 0 atom stereocenters. The summed E-state index contributed by atoms with van der Waals surface area (Å²) in [5.74, 6) is -0.557. The van der Waals surface area contributed by atoms with E-state index in [4.69, 9.17) is 5.73 Å². The minimum absolute atomic E-state index is 0.173. The number of benzene rings is 1. The Kier molecular flexibility index (Phi) is 4.24. The summed E-state index contributed by atoms with van der Waals surface area (Å²) >= 11 is 0. The van der Waals surface area contributed by atoms with Crippen LogP contribution in [0.4, 0.5) is 10.1 Å². The summed E-state index contributed by atoms with van der Waals surface area (Å²) in [6, 6.07) is 6.23. The first-order valence-corrected chi connectivity index (χ1v) is 4.89. The number of para-hydroxylation sites is 1. The third kappa shape index (κ3) is 3.02. The maximum absolute atomic E-state index is 13.4. The van der Waals surface area contributed by atoms with E-state index in [1.165, 1.54) is 17.9 Å². The van der Waals surface area contributed by atoms with Gasteiger partial charge in [-0.05, 0) is 25.1 Å². The molecule has 1 amide bonds. The predicted octanol–water partition coefficient (Wildman–Crippen LogP) is 1.53. The number of anilines is 1. The second-order valence-electron chi connectivity index (χ2n) is 3.26. The molecule has 0 aliphatic heterocycles. The molecule has 0 aromatic heterocycles. The van der Waals surface area contributed by atoms with Crippen molar-refractivity contribution in [2.75, 3.05) is 18.0 Å². The third-order valence-electron chi connectivity index (χ3n) is 2.11. The highest BCUT2D eigenvalue weighted by Gasteiger charge is 2.13. The highest BCUT2D eigenvalue weighted by molar-refractivity contribution is 5.91. The number of hydrogen-bond donors (Lipinski definition) is 1. The Morgan fingerprint density at radius 2 is 2.13 bits per heavy atom. The van der Waals surface area contributed by atoms with E-state index in [1.54, 1.807) is 18.2 Å². The summed E-state index contributed by atoms with van der Waals surface area (Å²) in [4.78, 5) is 12.7. The zero-order valence-corrected chi connectivity index (χ0v) is 8.74. The Balaban J connectivity index is 2.89. The lowest BCUT2D eigenvalue weighted by Gasteiger charge is -2.21. The highest BCUT2D eigenvalue weighted by atomic mass is 19.1. The van der Waals surface area contributed by atoms with Gasteiger partial charge in [0.2, 0.25) is 5.91 Å². The molecule has 1 aromatic rings. The molecule has 0 saturated heterocycles. The Bertz CT molecular complexity index is 341. The van der Waals surface area contributed by atoms with Gasteiger partial charge in [-0.2, -0.15) is 0 Å². The molecule has 0 bridgehead atoms. The van der Waals surface area contributed by atoms with Gasteiger partial charge in [0, 0.05) is 13.5 Å². The number of nitrogens with zero attached hydrogens (tertiary/aromatic N) is 1. The fourth-order valence-electron chi connectivity index (χ4n) is 1.37. The maximum Gasteiger partial charge on any atom is 0.223 e. The van der Waals surface area contributed by atoms with Crippen LogP contribution in [0.2, 0.25) is 0 Å². The van der Waals surface area contributed by atoms with E-state index >= 15 is 0 Å². The van der Waals surface area contributed by atoms with Crippen molar-refractivity contribution < 1.29 is 9.18 Å². The third-order valence-corrected chi connectivity index (χ3v) is 2.11. The van der Waals surface area contributed by atoms with Crippen molar-refractivity contribution in [3.05, 3.63) is 30.1 Å². The van der Waals surface area contributed by atoms with Crippen molar-refractivity contribution in [1.29, 1.82) is 0 Å². The SMILES string of the molecule is CC(=O)N(CCCN)c1ccccc1F. The van der Waals surface area contributed by atoms with Gasteiger partial charge in [0.15, 0.2) is 0 Å². The van der Waals surface area contributed by atoms with Crippen molar-refractivity contribution in [2.24, 2.45) is 5.73 Å². The van der Waals surface area contributed by atoms with Crippen LogP contribution >= 0.6 is 0 Å². The van der Waals surface area contributed by atoms with Crippen LogP contribution in [0.1, 0.15) is 13.3 Å². The molecule has 0 heterocycles. The normalized spacial score (nSPS) is 10.1. The Hall–Kier alpha value is -1.42. The molecule has 82 valence electrons. The molecule has 0 saturated carbocycles. The second-order valence-corrected chi connectivity index (χ2v) is 3.26. The Morgan fingerprint density at radius 3 is 2.67 bits per heavy atom.